The van der Waals surface area contributed by atoms with Gasteiger partial charge < -0.3 is 9.22 Å². The zero-order chi connectivity index (χ0) is 22.0. The van der Waals surface area contributed by atoms with Gasteiger partial charge in [0.2, 0.25) is 5.56 Å². The van der Waals surface area contributed by atoms with Gasteiger partial charge in [-0.05, 0) is 33.8 Å². The first-order chi connectivity index (χ1) is 11.9. The van der Waals surface area contributed by atoms with E-state index in [1.807, 2.05) is 13.8 Å². The minimum atomic E-state index is -5.16. The van der Waals surface area contributed by atoms with Crippen molar-refractivity contribution in [1.82, 2.24) is 4.57 Å². The summed E-state index contributed by atoms with van der Waals surface area (Å²) in [6, 6.07) is -0.102. The number of hydrogen-bond donors (Lipinski definition) is 1. The van der Waals surface area contributed by atoms with Crippen LogP contribution >= 0.6 is 12.6 Å². The predicted octanol–water partition coefficient (Wildman–Crippen LogP) is 4.20. The van der Waals surface area contributed by atoms with E-state index in [2.05, 4.69) is 12.6 Å². The number of thiol groups is 1. The molecule has 1 aromatic rings. The van der Waals surface area contributed by atoms with Gasteiger partial charge in [0.25, 0.3) is 0 Å². The van der Waals surface area contributed by atoms with E-state index in [1.165, 1.54) is 13.8 Å². The Labute approximate surface area is 160 Å². The highest BCUT2D eigenvalue weighted by molar-refractivity contribution is 7.81. The summed E-state index contributed by atoms with van der Waals surface area (Å²) in [5.74, 6) is 0. The van der Waals surface area contributed by atoms with E-state index < -0.39 is 45.0 Å². The van der Waals surface area contributed by atoms with E-state index in [0.717, 1.165) is 7.05 Å². The smallest absolute Gasteiger partial charge is 0.428 e. The first-order valence-electron chi connectivity index (χ1n) is 8.01. The molecule has 0 aromatic carbocycles. The molecule has 27 heavy (non-hydrogen) atoms. The Morgan fingerprint density at radius 1 is 1.00 bits per heavy atom. The lowest BCUT2D eigenvalue weighted by atomic mass is 9.81. The van der Waals surface area contributed by atoms with Gasteiger partial charge in [-0.15, -0.1) is 0 Å². The summed E-state index contributed by atoms with van der Waals surface area (Å²) in [4.78, 5) is 12.1. The van der Waals surface area contributed by atoms with Crippen LogP contribution in [0.1, 0.15) is 52.8 Å². The molecule has 1 heterocycles. The van der Waals surface area contributed by atoms with Gasteiger partial charge in [-0.2, -0.15) is 39.0 Å². The van der Waals surface area contributed by atoms with Crippen LogP contribution in [-0.2, 0) is 24.1 Å². The Balaban J connectivity index is 0.00000326. The monoisotopic (exact) mass is 418 g/mol. The van der Waals surface area contributed by atoms with Crippen LogP contribution in [0.2, 0.25) is 0 Å². The third-order valence-corrected chi connectivity index (χ3v) is 4.55. The molecular weight excluding hydrogens is 395 g/mol. The molecule has 3 nitrogen and oxygen atoms in total. The molecule has 1 aromatic heterocycles. The van der Waals surface area contributed by atoms with E-state index in [-0.39, 0.29) is 10.6 Å². The van der Waals surface area contributed by atoms with Gasteiger partial charge in [0, 0.05) is 17.3 Å². The van der Waals surface area contributed by atoms with Gasteiger partial charge >= 0.3 is 19.8 Å². The summed E-state index contributed by atoms with van der Waals surface area (Å²) < 4.78 is 82.8. The van der Waals surface area contributed by atoms with Crippen molar-refractivity contribution in [2.24, 2.45) is 7.05 Å². The van der Waals surface area contributed by atoms with E-state index in [4.69, 9.17) is 4.65 Å². The largest absolute Gasteiger partial charge is 0.431 e. The third kappa shape index (κ3) is 6.20. The lowest BCUT2D eigenvalue weighted by Crippen LogP contribution is -2.51. The fourth-order valence-corrected chi connectivity index (χ4v) is 1.74. The fraction of sp³-hybridized carbons (Fsp3) is 0.688. The molecule has 0 fully saturated rings. The average Bonchev–Trinajstić information content (AvgIpc) is 2.47. The number of pyridine rings is 1. The van der Waals surface area contributed by atoms with E-state index in [9.17, 15) is 31.1 Å². The van der Waals surface area contributed by atoms with E-state index >= 15 is 0 Å². The molecule has 0 saturated carbocycles. The topological polar surface area (TPSA) is 31.2 Å². The molecule has 0 aliphatic heterocycles. The van der Waals surface area contributed by atoms with Crippen molar-refractivity contribution in [2.45, 2.75) is 64.2 Å². The molecule has 0 amide bonds. The highest BCUT2D eigenvalue weighted by Crippen LogP contribution is 2.34. The number of halogens is 6. The van der Waals surface area contributed by atoms with Gasteiger partial charge in [0.15, 0.2) is 0 Å². The van der Waals surface area contributed by atoms with Gasteiger partial charge in [-0.3, -0.25) is 4.79 Å². The van der Waals surface area contributed by atoms with Crippen LogP contribution in [0.3, 0.4) is 0 Å². The molecule has 0 unspecified atom stereocenters. The third-order valence-electron chi connectivity index (χ3n) is 4.01. The standard InChI is InChI=1S/C14H17BF6NO2S.C2H6/c1-11(2,12(3,4)25)24-15-9-7(13(16,17)18)6-8(14(19,20)21)22(5)10(9)23;1-2/h6,25H,1-5H3;1-2H3. The molecule has 0 spiro atoms. The first kappa shape index (κ1) is 25.9. The zero-order valence-corrected chi connectivity index (χ0v) is 17.0. The molecule has 0 saturated heterocycles. The van der Waals surface area contributed by atoms with Crippen molar-refractivity contribution in [3.8, 4) is 0 Å². The summed E-state index contributed by atoms with van der Waals surface area (Å²) in [5.41, 5.74) is -6.98. The second-order valence-electron chi connectivity index (χ2n) is 6.52. The molecule has 0 aliphatic carbocycles. The van der Waals surface area contributed by atoms with Gasteiger partial charge in [0.05, 0.1) is 11.2 Å². The first-order valence-corrected chi connectivity index (χ1v) is 8.46. The summed E-state index contributed by atoms with van der Waals surface area (Å²) in [7, 11) is 1.29. The normalized spacial score (nSPS) is 13.1. The maximum Gasteiger partial charge on any atom is 0.431 e. The number of rotatable bonds is 4. The fourth-order valence-electron chi connectivity index (χ4n) is 1.69. The molecular formula is C16H23BF6NO2S. The van der Waals surface area contributed by atoms with Crippen LogP contribution in [-0.4, -0.2) is 22.4 Å². The van der Waals surface area contributed by atoms with Crippen LogP contribution in [0, 0.1) is 0 Å². The minimum Gasteiger partial charge on any atom is -0.428 e. The Bertz CT molecular complexity index is 705. The average molecular weight is 418 g/mol. The van der Waals surface area contributed by atoms with Crippen molar-refractivity contribution in [2.75, 3.05) is 0 Å². The number of hydrogen-bond acceptors (Lipinski definition) is 3. The summed E-state index contributed by atoms with van der Waals surface area (Å²) in [5, 5.41) is 0. The maximum absolute atomic E-state index is 13.2. The Morgan fingerprint density at radius 2 is 1.44 bits per heavy atom. The van der Waals surface area contributed by atoms with Crippen LogP contribution in [0.15, 0.2) is 10.9 Å². The van der Waals surface area contributed by atoms with Crippen LogP contribution < -0.4 is 11.0 Å². The van der Waals surface area contributed by atoms with E-state index in [0.29, 0.717) is 7.48 Å². The molecule has 11 heteroatoms. The van der Waals surface area contributed by atoms with Crippen LogP contribution in [0.4, 0.5) is 26.3 Å². The summed E-state index contributed by atoms with van der Waals surface area (Å²) in [6.07, 6.45) is -10.3. The van der Waals surface area contributed by atoms with Crippen molar-refractivity contribution >= 4 is 25.6 Å². The molecule has 0 bridgehead atoms. The Morgan fingerprint density at radius 3 is 1.78 bits per heavy atom. The highest BCUT2D eigenvalue weighted by Gasteiger charge is 2.42. The molecule has 1 rings (SSSR count). The molecule has 0 atom stereocenters. The molecule has 0 aliphatic rings. The Hall–Kier alpha value is -1.10. The van der Waals surface area contributed by atoms with Crippen molar-refractivity contribution in [1.29, 1.82) is 0 Å². The number of alkyl halides is 6. The Kier molecular flexibility index (Phi) is 8.16. The second-order valence-corrected chi connectivity index (χ2v) is 7.64. The highest BCUT2D eigenvalue weighted by atomic mass is 32.1. The number of nitrogens with zero attached hydrogens (tertiary/aromatic N) is 1. The maximum atomic E-state index is 13.2. The lowest BCUT2D eigenvalue weighted by Gasteiger charge is -2.38. The lowest BCUT2D eigenvalue weighted by molar-refractivity contribution is -0.147. The van der Waals surface area contributed by atoms with Crippen molar-refractivity contribution in [3.05, 3.63) is 27.7 Å². The van der Waals surface area contributed by atoms with Gasteiger partial charge in [-0.25, -0.2) is 0 Å². The predicted molar refractivity (Wildman–Crippen MR) is 96.7 cm³/mol. The molecule has 1 radical (unpaired) electrons. The zero-order valence-electron chi connectivity index (χ0n) is 16.1. The van der Waals surface area contributed by atoms with Crippen LogP contribution in [0.5, 0.6) is 0 Å². The van der Waals surface area contributed by atoms with Gasteiger partial charge in [0.1, 0.15) is 5.69 Å². The summed E-state index contributed by atoms with van der Waals surface area (Å²) in [6.45, 7) is 10.3. The molecule has 155 valence electrons. The van der Waals surface area contributed by atoms with Crippen molar-refractivity contribution in [3.63, 3.8) is 0 Å². The number of aromatic nitrogens is 1. The minimum absolute atomic E-state index is 0.102. The van der Waals surface area contributed by atoms with Crippen LogP contribution in [0.25, 0.3) is 0 Å². The van der Waals surface area contributed by atoms with Gasteiger partial charge in [-0.1, -0.05) is 13.8 Å². The van der Waals surface area contributed by atoms with Crippen molar-refractivity contribution < 1.29 is 31.0 Å². The SMILES string of the molecule is CC.Cn1c(C(F)(F)F)cc(C(F)(F)F)c([B]OC(C)(C)C(C)(C)S)c1=O. The summed E-state index contributed by atoms with van der Waals surface area (Å²) >= 11 is 4.27. The second kappa shape index (κ2) is 8.51. The molecule has 0 N–H and O–H groups in total. The van der Waals surface area contributed by atoms with E-state index in [1.54, 1.807) is 13.8 Å². The quantitative estimate of drug-likeness (QED) is 0.452.